The van der Waals surface area contributed by atoms with E-state index in [0.29, 0.717) is 11.7 Å². The second-order valence-corrected chi connectivity index (χ2v) is 4.99. The van der Waals surface area contributed by atoms with E-state index < -0.39 is 0 Å². The lowest BCUT2D eigenvalue weighted by atomic mass is 10.1. The molecule has 4 nitrogen and oxygen atoms in total. The molecular weight excluding hydrogens is 226 g/mol. The molecule has 3 heterocycles. The molecule has 0 saturated carbocycles. The van der Waals surface area contributed by atoms with Gasteiger partial charge in [-0.05, 0) is 44.0 Å². The van der Waals surface area contributed by atoms with E-state index in [4.69, 9.17) is 0 Å². The van der Waals surface area contributed by atoms with Crippen LogP contribution in [0.15, 0.2) is 18.3 Å². The molecule has 1 unspecified atom stereocenters. The molecular formula is C14H17N3O. The quantitative estimate of drug-likeness (QED) is 0.835. The molecule has 4 heteroatoms. The summed E-state index contributed by atoms with van der Waals surface area (Å²) in [7, 11) is 0. The molecule has 0 spiro atoms. The third-order valence-corrected chi connectivity index (χ3v) is 3.60. The lowest BCUT2D eigenvalue weighted by molar-refractivity contribution is 0.112. The number of carbonyl (C=O) groups excluding carboxylic acids is 1. The first-order valence-corrected chi connectivity index (χ1v) is 6.44. The van der Waals surface area contributed by atoms with Gasteiger partial charge < -0.3 is 9.72 Å². The standard InChI is InChI=1S/C14H17N3O/c1-10-4-6-17-13(7-10)12(9-18)16-14(17)8-11-3-2-5-15-11/h4,6-7,9,11,15H,2-3,5,8H2,1H3. The van der Waals surface area contributed by atoms with Gasteiger partial charge in [-0.1, -0.05) is 0 Å². The Hall–Kier alpha value is -1.68. The highest BCUT2D eigenvalue weighted by atomic mass is 16.1. The van der Waals surface area contributed by atoms with Crippen molar-refractivity contribution in [2.75, 3.05) is 6.54 Å². The zero-order chi connectivity index (χ0) is 12.5. The van der Waals surface area contributed by atoms with Gasteiger partial charge in [0.1, 0.15) is 11.5 Å². The van der Waals surface area contributed by atoms with Crippen LogP contribution in [0.3, 0.4) is 0 Å². The average Bonchev–Trinajstić information content (AvgIpc) is 2.98. The number of imidazole rings is 1. The number of fused-ring (bicyclic) bond motifs is 1. The molecule has 0 amide bonds. The van der Waals surface area contributed by atoms with Crippen LogP contribution in [0, 0.1) is 6.92 Å². The van der Waals surface area contributed by atoms with E-state index in [1.807, 2.05) is 23.6 Å². The van der Waals surface area contributed by atoms with Gasteiger partial charge >= 0.3 is 0 Å². The molecule has 0 radical (unpaired) electrons. The van der Waals surface area contributed by atoms with Crippen molar-refractivity contribution >= 4 is 11.8 Å². The smallest absolute Gasteiger partial charge is 0.170 e. The van der Waals surface area contributed by atoms with Crippen molar-refractivity contribution in [2.24, 2.45) is 0 Å². The van der Waals surface area contributed by atoms with Gasteiger partial charge in [0.2, 0.25) is 0 Å². The Bertz CT molecular complexity index is 582. The molecule has 1 aliphatic rings. The van der Waals surface area contributed by atoms with Crippen molar-refractivity contribution in [3.05, 3.63) is 35.4 Å². The summed E-state index contributed by atoms with van der Waals surface area (Å²) < 4.78 is 2.04. The van der Waals surface area contributed by atoms with Gasteiger partial charge in [0, 0.05) is 18.7 Å². The van der Waals surface area contributed by atoms with Crippen molar-refractivity contribution in [1.82, 2.24) is 14.7 Å². The van der Waals surface area contributed by atoms with Crippen molar-refractivity contribution in [3.63, 3.8) is 0 Å². The third kappa shape index (κ3) is 1.93. The molecule has 18 heavy (non-hydrogen) atoms. The number of carbonyl (C=O) groups is 1. The van der Waals surface area contributed by atoms with Crippen LogP contribution < -0.4 is 5.32 Å². The fourth-order valence-corrected chi connectivity index (χ4v) is 2.66. The topological polar surface area (TPSA) is 46.4 Å². The minimum Gasteiger partial charge on any atom is -0.314 e. The first-order valence-electron chi connectivity index (χ1n) is 6.44. The molecule has 0 aromatic carbocycles. The first-order chi connectivity index (χ1) is 8.78. The zero-order valence-corrected chi connectivity index (χ0v) is 10.5. The Balaban J connectivity index is 2.03. The summed E-state index contributed by atoms with van der Waals surface area (Å²) in [6.07, 6.45) is 6.16. The van der Waals surface area contributed by atoms with Crippen molar-refractivity contribution < 1.29 is 4.79 Å². The van der Waals surface area contributed by atoms with Gasteiger partial charge in [0.25, 0.3) is 0 Å². The Morgan fingerprint density at radius 1 is 1.61 bits per heavy atom. The molecule has 0 bridgehead atoms. The van der Waals surface area contributed by atoms with Crippen LogP contribution in [0.25, 0.3) is 5.52 Å². The van der Waals surface area contributed by atoms with Crippen molar-refractivity contribution in [1.29, 1.82) is 0 Å². The number of aromatic nitrogens is 2. The third-order valence-electron chi connectivity index (χ3n) is 3.60. The van der Waals surface area contributed by atoms with Crippen LogP contribution >= 0.6 is 0 Å². The van der Waals surface area contributed by atoms with Crippen LogP contribution in [-0.2, 0) is 6.42 Å². The maximum atomic E-state index is 11.1. The number of nitrogens with zero attached hydrogens (tertiary/aromatic N) is 2. The summed E-state index contributed by atoms with van der Waals surface area (Å²) >= 11 is 0. The second kappa shape index (κ2) is 4.53. The normalized spacial score (nSPS) is 19.5. The van der Waals surface area contributed by atoms with Gasteiger partial charge in [0.15, 0.2) is 6.29 Å². The van der Waals surface area contributed by atoms with E-state index in [2.05, 4.69) is 16.4 Å². The molecule has 3 rings (SSSR count). The molecule has 1 atom stereocenters. The summed E-state index contributed by atoms with van der Waals surface area (Å²) in [6, 6.07) is 4.56. The van der Waals surface area contributed by atoms with E-state index in [1.54, 1.807) is 0 Å². The van der Waals surface area contributed by atoms with E-state index >= 15 is 0 Å². The molecule has 1 saturated heterocycles. The lowest BCUT2D eigenvalue weighted by Gasteiger charge is -2.08. The van der Waals surface area contributed by atoms with E-state index in [-0.39, 0.29) is 0 Å². The molecule has 1 aliphatic heterocycles. The summed E-state index contributed by atoms with van der Waals surface area (Å²) in [6.45, 7) is 3.12. The zero-order valence-electron chi connectivity index (χ0n) is 10.5. The summed E-state index contributed by atoms with van der Waals surface area (Å²) in [5, 5.41) is 3.47. The fourth-order valence-electron chi connectivity index (χ4n) is 2.66. The van der Waals surface area contributed by atoms with Crippen LogP contribution in [0.5, 0.6) is 0 Å². The first kappa shape index (κ1) is 11.4. The van der Waals surface area contributed by atoms with Gasteiger partial charge in [-0.3, -0.25) is 4.79 Å². The molecule has 1 fully saturated rings. The van der Waals surface area contributed by atoms with Crippen molar-refractivity contribution in [3.8, 4) is 0 Å². The Kier molecular flexibility index (Phi) is 2.88. The lowest BCUT2D eigenvalue weighted by Crippen LogP contribution is -2.24. The summed E-state index contributed by atoms with van der Waals surface area (Å²) in [5.41, 5.74) is 2.61. The Morgan fingerprint density at radius 2 is 2.50 bits per heavy atom. The molecule has 1 N–H and O–H groups in total. The number of nitrogens with one attached hydrogen (secondary N) is 1. The number of aldehydes is 1. The minimum absolute atomic E-state index is 0.497. The van der Waals surface area contributed by atoms with Crippen LogP contribution in [0.4, 0.5) is 0 Å². The van der Waals surface area contributed by atoms with E-state index in [0.717, 1.165) is 36.2 Å². The average molecular weight is 243 g/mol. The minimum atomic E-state index is 0.497. The number of pyridine rings is 1. The Morgan fingerprint density at radius 3 is 3.22 bits per heavy atom. The summed E-state index contributed by atoms with van der Waals surface area (Å²) in [4.78, 5) is 15.6. The predicted molar refractivity (Wildman–Crippen MR) is 70.0 cm³/mol. The second-order valence-electron chi connectivity index (χ2n) is 4.99. The largest absolute Gasteiger partial charge is 0.314 e. The van der Waals surface area contributed by atoms with E-state index in [9.17, 15) is 4.79 Å². The predicted octanol–water partition coefficient (Wildman–Crippen LogP) is 1.75. The number of hydrogen-bond donors (Lipinski definition) is 1. The maximum Gasteiger partial charge on any atom is 0.170 e. The van der Waals surface area contributed by atoms with Gasteiger partial charge in [-0.2, -0.15) is 0 Å². The van der Waals surface area contributed by atoms with E-state index in [1.165, 1.54) is 12.8 Å². The van der Waals surface area contributed by atoms with Gasteiger partial charge in [-0.15, -0.1) is 0 Å². The highest BCUT2D eigenvalue weighted by molar-refractivity contribution is 5.84. The van der Waals surface area contributed by atoms with Crippen LogP contribution in [0.1, 0.15) is 34.7 Å². The molecule has 2 aromatic rings. The number of aryl methyl sites for hydroxylation is 1. The molecule has 94 valence electrons. The van der Waals surface area contributed by atoms with Crippen LogP contribution in [-0.4, -0.2) is 28.3 Å². The number of hydrogen-bond acceptors (Lipinski definition) is 3. The van der Waals surface area contributed by atoms with Gasteiger partial charge in [0.05, 0.1) is 5.52 Å². The van der Waals surface area contributed by atoms with Crippen LogP contribution in [0.2, 0.25) is 0 Å². The Labute approximate surface area is 106 Å². The number of rotatable bonds is 3. The van der Waals surface area contributed by atoms with Crippen molar-refractivity contribution in [2.45, 2.75) is 32.2 Å². The highest BCUT2D eigenvalue weighted by Gasteiger charge is 2.18. The molecule has 2 aromatic heterocycles. The maximum absolute atomic E-state index is 11.1. The van der Waals surface area contributed by atoms with Gasteiger partial charge in [-0.25, -0.2) is 4.98 Å². The highest BCUT2D eigenvalue weighted by Crippen LogP contribution is 2.17. The fraction of sp³-hybridized carbons (Fsp3) is 0.429. The monoisotopic (exact) mass is 243 g/mol. The summed E-state index contributed by atoms with van der Waals surface area (Å²) in [5.74, 6) is 0.978. The SMILES string of the molecule is Cc1ccn2c(CC3CCCN3)nc(C=O)c2c1. The molecule has 0 aliphatic carbocycles.